The molecule has 0 aliphatic rings. The van der Waals surface area contributed by atoms with Gasteiger partial charge in [-0.15, -0.1) is 12.6 Å². The van der Waals surface area contributed by atoms with Crippen molar-refractivity contribution in [3.05, 3.63) is 45.3 Å². The third-order valence-electron chi connectivity index (χ3n) is 2.80. The molecule has 0 aliphatic heterocycles. The van der Waals surface area contributed by atoms with Gasteiger partial charge in [0.15, 0.2) is 0 Å². The van der Waals surface area contributed by atoms with E-state index in [4.69, 9.17) is 4.52 Å². The molecular formula is C13H13BrN2O2S. The number of rotatable bonds is 3. The predicted octanol–water partition coefficient (Wildman–Crippen LogP) is 3.27. The Bertz CT molecular complexity index is 606. The van der Waals surface area contributed by atoms with E-state index in [9.17, 15) is 4.79 Å². The molecule has 0 radical (unpaired) electrons. The number of thiol groups is 1. The summed E-state index contributed by atoms with van der Waals surface area (Å²) in [7, 11) is 0. The second-order valence-corrected chi connectivity index (χ2v) is 5.52. The molecule has 0 saturated carbocycles. The van der Waals surface area contributed by atoms with E-state index < -0.39 is 0 Å². The van der Waals surface area contributed by atoms with Crippen LogP contribution < -0.4 is 5.32 Å². The van der Waals surface area contributed by atoms with Gasteiger partial charge in [0.1, 0.15) is 5.76 Å². The van der Waals surface area contributed by atoms with E-state index >= 15 is 0 Å². The second-order valence-electron chi connectivity index (χ2n) is 4.15. The van der Waals surface area contributed by atoms with Crippen molar-refractivity contribution in [3.8, 4) is 0 Å². The maximum absolute atomic E-state index is 12.1. The van der Waals surface area contributed by atoms with Gasteiger partial charge in [0.25, 0.3) is 5.91 Å². The molecule has 2 rings (SSSR count). The fourth-order valence-electron chi connectivity index (χ4n) is 1.71. The van der Waals surface area contributed by atoms with Crippen LogP contribution in [0.2, 0.25) is 0 Å². The molecule has 19 heavy (non-hydrogen) atoms. The summed E-state index contributed by atoms with van der Waals surface area (Å²) in [4.78, 5) is 12.9. The number of carbonyl (C=O) groups excluding carboxylic acids is 1. The highest BCUT2D eigenvalue weighted by Crippen LogP contribution is 2.20. The first-order valence-electron chi connectivity index (χ1n) is 5.67. The molecule has 6 heteroatoms. The molecule has 0 atom stereocenters. The molecule has 1 heterocycles. The molecule has 2 aromatic rings. The van der Waals surface area contributed by atoms with E-state index in [0.717, 1.165) is 26.4 Å². The first-order chi connectivity index (χ1) is 8.99. The minimum Gasteiger partial charge on any atom is -0.361 e. The summed E-state index contributed by atoms with van der Waals surface area (Å²) in [5.41, 5.74) is 2.26. The zero-order valence-corrected chi connectivity index (χ0v) is 13.0. The van der Waals surface area contributed by atoms with Crippen LogP contribution in [0.4, 0.5) is 0 Å². The Morgan fingerprint density at radius 1 is 1.47 bits per heavy atom. The van der Waals surface area contributed by atoms with Crippen molar-refractivity contribution in [1.82, 2.24) is 10.5 Å². The predicted molar refractivity (Wildman–Crippen MR) is 78.5 cm³/mol. The zero-order chi connectivity index (χ0) is 14.0. The van der Waals surface area contributed by atoms with Gasteiger partial charge in [-0.2, -0.15) is 0 Å². The lowest BCUT2D eigenvalue weighted by atomic mass is 10.2. The van der Waals surface area contributed by atoms with Crippen molar-refractivity contribution < 1.29 is 9.32 Å². The van der Waals surface area contributed by atoms with Crippen LogP contribution in [0, 0.1) is 13.8 Å². The number of amides is 1. The molecule has 0 bridgehead atoms. The number of nitrogens with one attached hydrogen (secondary N) is 1. The largest absolute Gasteiger partial charge is 0.361 e. The molecule has 0 unspecified atom stereocenters. The molecular weight excluding hydrogens is 328 g/mol. The van der Waals surface area contributed by atoms with Crippen LogP contribution in [0.3, 0.4) is 0 Å². The van der Waals surface area contributed by atoms with E-state index in [1.807, 2.05) is 19.9 Å². The summed E-state index contributed by atoms with van der Waals surface area (Å²) in [6.07, 6.45) is 0. The number of hydrogen-bond donors (Lipinski definition) is 2. The summed E-state index contributed by atoms with van der Waals surface area (Å²) >= 11 is 7.58. The minimum absolute atomic E-state index is 0.164. The maximum atomic E-state index is 12.1. The molecule has 1 N–H and O–H groups in total. The Morgan fingerprint density at radius 3 is 2.84 bits per heavy atom. The molecule has 1 amide bonds. The van der Waals surface area contributed by atoms with Crippen LogP contribution in [-0.2, 0) is 6.54 Å². The average molecular weight is 341 g/mol. The van der Waals surface area contributed by atoms with E-state index in [1.165, 1.54) is 0 Å². The molecule has 1 aromatic carbocycles. The highest BCUT2D eigenvalue weighted by atomic mass is 79.9. The van der Waals surface area contributed by atoms with Crippen molar-refractivity contribution in [2.24, 2.45) is 0 Å². The standard InChI is InChI=1S/C13H13BrN2O2S/c1-7-11(8(2)18-16-7)6-15-13(17)10-5-9(19)3-4-12(10)14/h3-5,19H,6H2,1-2H3,(H,15,17). The maximum Gasteiger partial charge on any atom is 0.252 e. The normalized spacial score (nSPS) is 10.5. The monoisotopic (exact) mass is 340 g/mol. The van der Waals surface area contributed by atoms with Crippen LogP contribution >= 0.6 is 28.6 Å². The summed E-state index contributed by atoms with van der Waals surface area (Å²) < 4.78 is 5.79. The van der Waals surface area contributed by atoms with Crippen molar-refractivity contribution in [3.63, 3.8) is 0 Å². The summed E-state index contributed by atoms with van der Waals surface area (Å²) in [5.74, 6) is 0.558. The van der Waals surface area contributed by atoms with E-state index in [1.54, 1.807) is 12.1 Å². The molecule has 4 nitrogen and oxygen atoms in total. The Balaban J connectivity index is 2.12. The van der Waals surface area contributed by atoms with E-state index in [0.29, 0.717) is 12.1 Å². The third-order valence-corrected chi connectivity index (χ3v) is 3.77. The summed E-state index contributed by atoms with van der Waals surface area (Å²) in [6.45, 7) is 4.07. The quantitative estimate of drug-likeness (QED) is 0.843. The Kier molecular flexibility index (Phi) is 4.31. The Labute approximate surface area is 125 Å². The van der Waals surface area contributed by atoms with Gasteiger partial charge in [-0.25, -0.2) is 0 Å². The van der Waals surface area contributed by atoms with Gasteiger partial charge in [0.05, 0.1) is 11.3 Å². The first-order valence-corrected chi connectivity index (χ1v) is 6.91. The van der Waals surface area contributed by atoms with Gasteiger partial charge >= 0.3 is 0 Å². The number of hydrogen-bond acceptors (Lipinski definition) is 4. The van der Waals surface area contributed by atoms with Crippen LogP contribution in [0.5, 0.6) is 0 Å². The van der Waals surface area contributed by atoms with Gasteiger partial charge in [0, 0.05) is 21.5 Å². The number of halogens is 1. The van der Waals surface area contributed by atoms with Crippen molar-refractivity contribution >= 4 is 34.5 Å². The molecule has 0 aliphatic carbocycles. The average Bonchev–Trinajstić information content (AvgIpc) is 2.69. The Hall–Kier alpha value is -1.27. The number of aromatic nitrogens is 1. The molecule has 1 aromatic heterocycles. The number of benzene rings is 1. The first kappa shape index (κ1) is 14.1. The van der Waals surface area contributed by atoms with Gasteiger partial charge in [-0.3, -0.25) is 4.79 Å². The van der Waals surface area contributed by atoms with Crippen LogP contribution in [0.1, 0.15) is 27.4 Å². The third kappa shape index (κ3) is 3.19. The SMILES string of the molecule is Cc1noc(C)c1CNC(=O)c1cc(S)ccc1Br. The van der Waals surface area contributed by atoms with Gasteiger partial charge < -0.3 is 9.84 Å². The molecule has 0 saturated heterocycles. The van der Waals surface area contributed by atoms with Crippen molar-refractivity contribution in [1.29, 1.82) is 0 Å². The van der Waals surface area contributed by atoms with Gasteiger partial charge in [0.2, 0.25) is 0 Å². The van der Waals surface area contributed by atoms with E-state index in [2.05, 4.69) is 39.0 Å². The summed E-state index contributed by atoms with van der Waals surface area (Å²) in [5, 5.41) is 6.70. The fourth-order valence-corrected chi connectivity index (χ4v) is 2.34. The van der Waals surface area contributed by atoms with E-state index in [-0.39, 0.29) is 5.91 Å². The Morgan fingerprint density at radius 2 is 2.21 bits per heavy atom. The molecule has 0 fully saturated rings. The number of aryl methyl sites for hydroxylation is 2. The lowest BCUT2D eigenvalue weighted by Crippen LogP contribution is -2.23. The summed E-state index contributed by atoms with van der Waals surface area (Å²) in [6, 6.07) is 5.33. The second kappa shape index (κ2) is 5.79. The topological polar surface area (TPSA) is 55.1 Å². The van der Waals surface area contributed by atoms with Crippen LogP contribution in [0.25, 0.3) is 0 Å². The zero-order valence-electron chi connectivity index (χ0n) is 10.5. The molecule has 0 spiro atoms. The van der Waals surface area contributed by atoms with Crippen LogP contribution in [-0.4, -0.2) is 11.1 Å². The number of carbonyl (C=O) groups is 1. The smallest absolute Gasteiger partial charge is 0.252 e. The highest BCUT2D eigenvalue weighted by molar-refractivity contribution is 9.10. The fraction of sp³-hybridized carbons (Fsp3) is 0.231. The highest BCUT2D eigenvalue weighted by Gasteiger charge is 2.13. The van der Waals surface area contributed by atoms with Gasteiger partial charge in [-0.05, 0) is 48.0 Å². The lowest BCUT2D eigenvalue weighted by molar-refractivity contribution is 0.0950. The minimum atomic E-state index is -0.164. The van der Waals surface area contributed by atoms with Crippen molar-refractivity contribution in [2.45, 2.75) is 25.3 Å². The van der Waals surface area contributed by atoms with Gasteiger partial charge in [-0.1, -0.05) is 5.16 Å². The number of nitrogens with zero attached hydrogens (tertiary/aromatic N) is 1. The van der Waals surface area contributed by atoms with Crippen molar-refractivity contribution in [2.75, 3.05) is 0 Å². The molecule has 100 valence electrons. The van der Waals surface area contributed by atoms with Crippen LogP contribution in [0.15, 0.2) is 32.1 Å². The lowest BCUT2D eigenvalue weighted by Gasteiger charge is -2.07.